The number of hydrogen-bond donors (Lipinski definition) is 0. The Morgan fingerprint density at radius 3 is 1.89 bits per heavy atom. The number of amides is 1. The Morgan fingerprint density at radius 2 is 1.43 bits per heavy atom. The van der Waals surface area contributed by atoms with Crippen molar-refractivity contribution < 1.29 is 14.3 Å². The molecule has 0 radical (unpaired) electrons. The van der Waals surface area contributed by atoms with Gasteiger partial charge in [0.25, 0.3) is 0 Å². The van der Waals surface area contributed by atoms with E-state index in [2.05, 4.69) is 6.92 Å². The van der Waals surface area contributed by atoms with E-state index in [0.717, 1.165) is 32.2 Å². The molecule has 28 heavy (non-hydrogen) atoms. The first-order valence-electron chi connectivity index (χ1n) is 12.1. The van der Waals surface area contributed by atoms with Gasteiger partial charge in [-0.15, -0.1) is 0 Å². The molecule has 1 unspecified atom stereocenters. The molecule has 4 nitrogen and oxygen atoms in total. The van der Waals surface area contributed by atoms with E-state index in [-0.39, 0.29) is 18.0 Å². The highest BCUT2D eigenvalue weighted by Gasteiger charge is 2.24. The number of rotatable bonds is 18. The quantitative estimate of drug-likeness (QED) is 0.199. The Bertz CT molecular complexity index is 411. The lowest BCUT2D eigenvalue weighted by Gasteiger charge is -2.23. The van der Waals surface area contributed by atoms with Gasteiger partial charge in [-0.1, -0.05) is 90.9 Å². The highest BCUT2D eigenvalue weighted by molar-refractivity contribution is 5.78. The summed E-state index contributed by atoms with van der Waals surface area (Å²) in [6.45, 7) is 5.67. The van der Waals surface area contributed by atoms with Crippen LogP contribution in [0.4, 0.5) is 0 Å². The second kappa shape index (κ2) is 16.9. The van der Waals surface area contributed by atoms with Crippen LogP contribution in [0.2, 0.25) is 0 Å². The number of ether oxygens (including phenoxy) is 1. The number of hydrogen-bond acceptors (Lipinski definition) is 3. The van der Waals surface area contributed by atoms with Gasteiger partial charge in [0.2, 0.25) is 5.91 Å². The van der Waals surface area contributed by atoms with E-state index in [4.69, 9.17) is 4.74 Å². The Morgan fingerprint density at radius 1 is 0.893 bits per heavy atom. The van der Waals surface area contributed by atoms with Crippen molar-refractivity contribution in [3.63, 3.8) is 0 Å². The van der Waals surface area contributed by atoms with Crippen LogP contribution in [0.5, 0.6) is 0 Å². The summed E-state index contributed by atoms with van der Waals surface area (Å²) in [4.78, 5) is 25.6. The molecule has 164 valence electrons. The molecule has 0 N–H and O–H groups in total. The Kier molecular flexibility index (Phi) is 15.0. The van der Waals surface area contributed by atoms with Crippen LogP contribution in [-0.2, 0) is 14.3 Å². The Hall–Kier alpha value is -1.06. The van der Waals surface area contributed by atoms with Crippen molar-refractivity contribution in [2.45, 2.75) is 129 Å². The minimum Gasteiger partial charge on any atom is -0.460 e. The summed E-state index contributed by atoms with van der Waals surface area (Å²) >= 11 is 0. The minimum atomic E-state index is -0.142. The van der Waals surface area contributed by atoms with Gasteiger partial charge in [0, 0.05) is 19.4 Å². The zero-order chi connectivity index (χ0) is 20.5. The van der Waals surface area contributed by atoms with Crippen molar-refractivity contribution in [3.05, 3.63) is 0 Å². The third-order valence-electron chi connectivity index (χ3n) is 5.83. The van der Waals surface area contributed by atoms with Crippen molar-refractivity contribution in [2.24, 2.45) is 0 Å². The molecule has 0 aromatic rings. The molecule has 1 fully saturated rings. The summed E-state index contributed by atoms with van der Waals surface area (Å²) in [5.74, 6) is 0.104. The maximum atomic E-state index is 12.0. The van der Waals surface area contributed by atoms with Gasteiger partial charge in [-0.2, -0.15) is 0 Å². The molecular formula is C24H45NO3. The molecule has 0 aromatic carbocycles. The molecule has 1 heterocycles. The molecule has 1 aliphatic rings. The molecule has 0 saturated carbocycles. The van der Waals surface area contributed by atoms with E-state index in [9.17, 15) is 9.59 Å². The number of esters is 1. The summed E-state index contributed by atoms with van der Waals surface area (Å²) in [6.07, 6.45) is 19.7. The number of carbonyl (C=O) groups is 2. The molecule has 0 bridgehead atoms. The highest BCUT2D eigenvalue weighted by atomic mass is 16.5. The zero-order valence-corrected chi connectivity index (χ0v) is 18.7. The fourth-order valence-corrected chi connectivity index (χ4v) is 3.92. The predicted molar refractivity (Wildman–Crippen MR) is 116 cm³/mol. The molecule has 1 rings (SSSR count). The molecule has 1 atom stereocenters. The molecule has 0 aromatic heterocycles. The molecular weight excluding hydrogens is 350 g/mol. The summed E-state index contributed by atoms with van der Waals surface area (Å²) in [6, 6.07) is 0. The smallest absolute Gasteiger partial charge is 0.306 e. The fraction of sp³-hybridized carbons (Fsp3) is 0.917. The van der Waals surface area contributed by atoms with Crippen LogP contribution < -0.4 is 0 Å². The first-order chi connectivity index (χ1) is 13.7. The van der Waals surface area contributed by atoms with Crippen LogP contribution in [-0.4, -0.2) is 36.0 Å². The van der Waals surface area contributed by atoms with Crippen molar-refractivity contribution in [3.8, 4) is 0 Å². The first-order valence-corrected chi connectivity index (χ1v) is 12.1. The topological polar surface area (TPSA) is 46.6 Å². The number of unbranched alkanes of at least 4 members (excludes halogenated alkanes) is 12. The number of likely N-dealkylation sites (tertiary alicyclic amines) is 1. The SMILES string of the molecule is CCCCCCCCCCCCCCCC(=O)OC(CC)CN1CCCC1=O. The van der Waals surface area contributed by atoms with Gasteiger partial charge in [-0.25, -0.2) is 0 Å². The standard InChI is InChI=1S/C24H45NO3/c1-3-5-6-7-8-9-10-11-12-13-14-15-16-19-24(27)28-22(4-2)21-25-20-17-18-23(25)26/h22H,3-21H2,1-2H3. The minimum absolute atomic E-state index is 0.0958. The second-order valence-corrected chi connectivity index (χ2v) is 8.46. The number of carbonyl (C=O) groups excluding carboxylic acids is 2. The third kappa shape index (κ3) is 12.4. The zero-order valence-electron chi connectivity index (χ0n) is 18.7. The maximum Gasteiger partial charge on any atom is 0.306 e. The van der Waals surface area contributed by atoms with Gasteiger partial charge in [-0.3, -0.25) is 9.59 Å². The monoisotopic (exact) mass is 395 g/mol. The third-order valence-corrected chi connectivity index (χ3v) is 5.83. The van der Waals surface area contributed by atoms with Gasteiger partial charge in [0.15, 0.2) is 0 Å². The molecule has 4 heteroatoms. The van der Waals surface area contributed by atoms with Crippen LogP contribution >= 0.6 is 0 Å². The summed E-state index contributed by atoms with van der Waals surface area (Å²) < 4.78 is 5.58. The maximum absolute atomic E-state index is 12.0. The van der Waals surface area contributed by atoms with E-state index < -0.39 is 0 Å². The van der Waals surface area contributed by atoms with Gasteiger partial charge in [0.1, 0.15) is 6.10 Å². The van der Waals surface area contributed by atoms with Crippen LogP contribution in [0, 0.1) is 0 Å². The molecule has 1 amide bonds. The van der Waals surface area contributed by atoms with Crippen molar-refractivity contribution in [2.75, 3.05) is 13.1 Å². The fourth-order valence-electron chi connectivity index (χ4n) is 3.92. The van der Waals surface area contributed by atoms with E-state index in [1.165, 1.54) is 70.6 Å². The highest BCUT2D eigenvalue weighted by Crippen LogP contribution is 2.15. The summed E-state index contributed by atoms with van der Waals surface area (Å²) in [7, 11) is 0. The second-order valence-electron chi connectivity index (χ2n) is 8.46. The molecule has 0 aliphatic carbocycles. The van der Waals surface area contributed by atoms with Gasteiger partial charge in [0.05, 0.1) is 6.54 Å². The molecule has 1 aliphatic heterocycles. The van der Waals surface area contributed by atoms with Crippen molar-refractivity contribution in [1.82, 2.24) is 4.90 Å². The summed E-state index contributed by atoms with van der Waals surface area (Å²) in [5, 5.41) is 0. The van der Waals surface area contributed by atoms with E-state index >= 15 is 0 Å². The average molecular weight is 396 g/mol. The van der Waals surface area contributed by atoms with E-state index in [1.807, 2.05) is 11.8 Å². The van der Waals surface area contributed by atoms with Crippen LogP contribution in [0.3, 0.4) is 0 Å². The number of nitrogens with zero attached hydrogens (tertiary/aromatic N) is 1. The first kappa shape index (κ1) is 25.0. The van der Waals surface area contributed by atoms with Crippen molar-refractivity contribution >= 4 is 11.9 Å². The van der Waals surface area contributed by atoms with Gasteiger partial charge >= 0.3 is 5.97 Å². The molecule has 1 saturated heterocycles. The average Bonchev–Trinajstić information content (AvgIpc) is 3.09. The lowest BCUT2D eigenvalue weighted by molar-refractivity contribution is -0.151. The summed E-state index contributed by atoms with van der Waals surface area (Å²) in [5.41, 5.74) is 0. The largest absolute Gasteiger partial charge is 0.460 e. The lowest BCUT2D eigenvalue weighted by Crippen LogP contribution is -2.35. The Balaban J connectivity index is 1.91. The Labute approximate surface area is 173 Å². The normalized spacial score (nSPS) is 15.2. The van der Waals surface area contributed by atoms with Crippen LogP contribution in [0.15, 0.2) is 0 Å². The van der Waals surface area contributed by atoms with Crippen LogP contribution in [0.1, 0.15) is 123 Å². The van der Waals surface area contributed by atoms with Gasteiger partial charge < -0.3 is 9.64 Å². The van der Waals surface area contributed by atoms with Gasteiger partial charge in [-0.05, 0) is 19.3 Å². The lowest BCUT2D eigenvalue weighted by atomic mass is 10.0. The predicted octanol–water partition coefficient (Wildman–Crippen LogP) is 6.41. The van der Waals surface area contributed by atoms with Crippen LogP contribution in [0.25, 0.3) is 0 Å². The van der Waals surface area contributed by atoms with E-state index in [0.29, 0.717) is 19.4 Å². The molecule has 0 spiro atoms. The van der Waals surface area contributed by atoms with E-state index in [1.54, 1.807) is 0 Å². The van der Waals surface area contributed by atoms with Crippen molar-refractivity contribution in [1.29, 1.82) is 0 Å².